The third kappa shape index (κ3) is 3.11. The van der Waals surface area contributed by atoms with Gasteiger partial charge in [-0.05, 0) is 45.8 Å². The van der Waals surface area contributed by atoms with E-state index in [1.54, 1.807) is 12.1 Å². The summed E-state index contributed by atoms with van der Waals surface area (Å²) in [7, 11) is 1.97. The largest absolute Gasteiger partial charge is 0.398 e. The molecule has 2 aromatic carbocycles. The monoisotopic (exact) mass is 333 g/mol. The summed E-state index contributed by atoms with van der Waals surface area (Å²) in [6.45, 7) is 0.682. The molecule has 0 saturated carbocycles. The lowest BCUT2D eigenvalue weighted by molar-refractivity contribution is 0.100. The highest BCUT2D eigenvalue weighted by Crippen LogP contribution is 2.28. The molecule has 1 amide bonds. The molecule has 0 bridgehead atoms. The van der Waals surface area contributed by atoms with Gasteiger partial charge in [0.15, 0.2) is 0 Å². The smallest absolute Gasteiger partial charge is 0.248 e. The first-order valence-electron chi connectivity index (χ1n) is 6.13. The van der Waals surface area contributed by atoms with Gasteiger partial charge in [-0.2, -0.15) is 0 Å². The molecule has 0 aliphatic carbocycles. The zero-order valence-electron chi connectivity index (χ0n) is 11.1. The van der Waals surface area contributed by atoms with E-state index in [9.17, 15) is 4.79 Å². The van der Waals surface area contributed by atoms with Crippen molar-refractivity contribution in [2.45, 2.75) is 6.54 Å². The van der Waals surface area contributed by atoms with Gasteiger partial charge in [-0.25, -0.2) is 0 Å². The molecule has 0 spiro atoms. The van der Waals surface area contributed by atoms with E-state index in [1.807, 2.05) is 37.4 Å². The zero-order chi connectivity index (χ0) is 14.7. The first-order chi connectivity index (χ1) is 9.49. The van der Waals surface area contributed by atoms with Crippen molar-refractivity contribution in [2.75, 3.05) is 17.7 Å². The van der Waals surface area contributed by atoms with Crippen molar-refractivity contribution in [3.05, 3.63) is 58.1 Å². The van der Waals surface area contributed by atoms with Crippen LogP contribution >= 0.6 is 15.9 Å². The maximum absolute atomic E-state index is 11.1. The van der Waals surface area contributed by atoms with Gasteiger partial charge < -0.3 is 16.4 Å². The Labute approximate surface area is 126 Å². The number of nitrogens with two attached hydrogens (primary N) is 2. The Balaban J connectivity index is 2.23. The molecule has 2 rings (SSSR count). The van der Waals surface area contributed by atoms with Gasteiger partial charge in [0, 0.05) is 29.3 Å². The minimum Gasteiger partial charge on any atom is -0.398 e. The number of hydrogen-bond donors (Lipinski definition) is 2. The second-order valence-corrected chi connectivity index (χ2v) is 5.44. The van der Waals surface area contributed by atoms with Gasteiger partial charge in [0.1, 0.15) is 0 Å². The summed E-state index contributed by atoms with van der Waals surface area (Å²) in [6.07, 6.45) is 0. The molecule has 0 aliphatic heterocycles. The fourth-order valence-electron chi connectivity index (χ4n) is 1.99. The van der Waals surface area contributed by atoms with E-state index >= 15 is 0 Å². The van der Waals surface area contributed by atoms with Crippen molar-refractivity contribution in [2.24, 2.45) is 5.73 Å². The van der Waals surface area contributed by atoms with E-state index in [-0.39, 0.29) is 0 Å². The van der Waals surface area contributed by atoms with E-state index in [1.165, 1.54) is 0 Å². The topological polar surface area (TPSA) is 72.3 Å². The van der Waals surface area contributed by atoms with Crippen molar-refractivity contribution in [1.29, 1.82) is 0 Å². The van der Waals surface area contributed by atoms with E-state index < -0.39 is 5.91 Å². The predicted octanol–water partition coefficient (Wildman–Crippen LogP) is 2.77. The molecule has 2 aromatic rings. The summed E-state index contributed by atoms with van der Waals surface area (Å²) in [5.74, 6) is -0.438. The molecule has 0 radical (unpaired) electrons. The summed E-state index contributed by atoms with van der Waals surface area (Å²) < 4.78 is 0.825. The quantitative estimate of drug-likeness (QED) is 0.845. The van der Waals surface area contributed by atoms with Crippen molar-refractivity contribution >= 4 is 33.2 Å². The van der Waals surface area contributed by atoms with Crippen LogP contribution in [0, 0.1) is 0 Å². The van der Waals surface area contributed by atoms with Crippen LogP contribution in [0.15, 0.2) is 46.9 Å². The number of carbonyl (C=O) groups excluding carboxylic acids is 1. The molecule has 5 heteroatoms. The Morgan fingerprint density at radius 2 is 1.95 bits per heavy atom. The van der Waals surface area contributed by atoms with Crippen molar-refractivity contribution < 1.29 is 4.79 Å². The van der Waals surface area contributed by atoms with Crippen LogP contribution in [-0.2, 0) is 6.54 Å². The van der Waals surface area contributed by atoms with Crippen LogP contribution in [0.5, 0.6) is 0 Å². The number of anilines is 2. The average Bonchev–Trinajstić information content (AvgIpc) is 2.41. The van der Waals surface area contributed by atoms with Crippen LogP contribution in [0.4, 0.5) is 11.4 Å². The normalized spacial score (nSPS) is 10.3. The first kappa shape index (κ1) is 14.4. The molecule has 104 valence electrons. The van der Waals surface area contributed by atoms with Gasteiger partial charge in [0.05, 0.1) is 5.69 Å². The minimum atomic E-state index is -0.438. The summed E-state index contributed by atoms with van der Waals surface area (Å²) in [6, 6.07) is 13.1. The number of nitrogen functional groups attached to an aromatic ring is 1. The van der Waals surface area contributed by atoms with Crippen molar-refractivity contribution in [3.8, 4) is 0 Å². The molecule has 0 fully saturated rings. The van der Waals surface area contributed by atoms with Crippen LogP contribution in [0.1, 0.15) is 15.9 Å². The van der Waals surface area contributed by atoms with Gasteiger partial charge in [-0.15, -0.1) is 0 Å². The molecule has 4 N–H and O–H groups in total. The molecule has 0 aromatic heterocycles. The number of carbonyl (C=O) groups is 1. The summed E-state index contributed by atoms with van der Waals surface area (Å²) in [4.78, 5) is 13.2. The number of amides is 1. The van der Waals surface area contributed by atoms with Crippen LogP contribution in [0.3, 0.4) is 0 Å². The summed E-state index contributed by atoms with van der Waals surface area (Å²) in [5, 5.41) is 0. The Bertz CT molecular complexity index is 643. The van der Waals surface area contributed by atoms with Gasteiger partial charge in [-0.3, -0.25) is 4.79 Å². The van der Waals surface area contributed by atoms with Gasteiger partial charge >= 0.3 is 0 Å². The Kier molecular flexibility index (Phi) is 4.29. The Hall–Kier alpha value is -2.01. The maximum Gasteiger partial charge on any atom is 0.248 e. The third-order valence-corrected chi connectivity index (χ3v) is 3.74. The molecule has 4 nitrogen and oxygen atoms in total. The molecule has 20 heavy (non-hydrogen) atoms. The standard InChI is InChI=1S/C15H16BrN3O/c1-19(9-11-4-2-3-5-13(11)17)14-7-6-10(15(18)20)8-12(14)16/h2-8H,9,17H2,1H3,(H2,18,20). The molecule has 0 aliphatic rings. The molecular weight excluding hydrogens is 318 g/mol. The summed E-state index contributed by atoms with van der Waals surface area (Å²) >= 11 is 3.47. The average molecular weight is 334 g/mol. The second kappa shape index (κ2) is 5.96. The molecule has 0 atom stereocenters. The number of benzene rings is 2. The maximum atomic E-state index is 11.1. The molecule has 0 heterocycles. The molecular formula is C15H16BrN3O. The van der Waals surface area contributed by atoms with E-state index in [2.05, 4.69) is 20.8 Å². The highest BCUT2D eigenvalue weighted by atomic mass is 79.9. The van der Waals surface area contributed by atoms with E-state index in [4.69, 9.17) is 11.5 Å². The third-order valence-electron chi connectivity index (χ3n) is 3.11. The first-order valence-corrected chi connectivity index (χ1v) is 6.92. The second-order valence-electron chi connectivity index (χ2n) is 4.59. The Morgan fingerprint density at radius 1 is 1.25 bits per heavy atom. The summed E-state index contributed by atoms with van der Waals surface area (Å²) in [5.41, 5.74) is 14.5. The van der Waals surface area contributed by atoms with Crippen LogP contribution in [-0.4, -0.2) is 13.0 Å². The molecule has 0 saturated heterocycles. The van der Waals surface area contributed by atoms with Crippen molar-refractivity contribution in [1.82, 2.24) is 0 Å². The SMILES string of the molecule is CN(Cc1ccccc1N)c1ccc(C(N)=O)cc1Br. The fourth-order valence-corrected chi connectivity index (χ4v) is 2.67. The van der Waals surface area contributed by atoms with E-state index in [0.717, 1.165) is 21.4 Å². The Morgan fingerprint density at radius 3 is 2.55 bits per heavy atom. The zero-order valence-corrected chi connectivity index (χ0v) is 12.7. The lowest BCUT2D eigenvalue weighted by Crippen LogP contribution is -2.18. The number of rotatable bonds is 4. The van der Waals surface area contributed by atoms with Gasteiger partial charge in [0.25, 0.3) is 0 Å². The minimum absolute atomic E-state index is 0.438. The lowest BCUT2D eigenvalue weighted by Gasteiger charge is -2.22. The highest BCUT2D eigenvalue weighted by Gasteiger charge is 2.10. The predicted molar refractivity (Wildman–Crippen MR) is 85.6 cm³/mol. The number of para-hydroxylation sites is 1. The van der Waals surface area contributed by atoms with Crippen molar-refractivity contribution in [3.63, 3.8) is 0 Å². The number of hydrogen-bond acceptors (Lipinski definition) is 3. The molecule has 0 unspecified atom stereocenters. The highest BCUT2D eigenvalue weighted by molar-refractivity contribution is 9.10. The van der Waals surface area contributed by atoms with E-state index in [0.29, 0.717) is 12.1 Å². The van der Waals surface area contributed by atoms with Crippen LogP contribution in [0.2, 0.25) is 0 Å². The lowest BCUT2D eigenvalue weighted by atomic mass is 10.1. The van der Waals surface area contributed by atoms with Gasteiger partial charge in [-0.1, -0.05) is 18.2 Å². The number of nitrogens with zero attached hydrogens (tertiary/aromatic N) is 1. The van der Waals surface area contributed by atoms with Crippen LogP contribution < -0.4 is 16.4 Å². The number of halogens is 1. The fraction of sp³-hybridized carbons (Fsp3) is 0.133. The van der Waals surface area contributed by atoms with Gasteiger partial charge in [0.2, 0.25) is 5.91 Å². The number of primary amides is 1. The van der Waals surface area contributed by atoms with Crippen LogP contribution in [0.25, 0.3) is 0 Å².